The number of hydrogen-bond acceptors (Lipinski definition) is 4. The standard InChI is InChI=1S/C25H21ClN2O2/c1-16-7-12-20-21(13-16)22(14-27)25(28-24(20)18-5-3-2-4-6-18)30-15-23(29)17-8-10-19(26)11-9-17/h2-6,8-11,16H,7,12-13,15H2,1H3/t16-/m1/s1. The minimum absolute atomic E-state index is 0.189. The number of carbonyl (C=O) groups excluding carboxylic acids is 1. The molecule has 0 unspecified atom stereocenters. The van der Waals surface area contributed by atoms with Gasteiger partial charge in [0.25, 0.3) is 0 Å². The van der Waals surface area contributed by atoms with Gasteiger partial charge in [-0.1, -0.05) is 48.9 Å². The van der Waals surface area contributed by atoms with Gasteiger partial charge in [0.1, 0.15) is 11.6 Å². The first-order valence-corrected chi connectivity index (χ1v) is 10.4. The monoisotopic (exact) mass is 416 g/mol. The average Bonchev–Trinajstić information content (AvgIpc) is 2.77. The van der Waals surface area contributed by atoms with Crippen LogP contribution in [0.5, 0.6) is 5.88 Å². The van der Waals surface area contributed by atoms with Crippen LogP contribution in [0.1, 0.15) is 40.4 Å². The van der Waals surface area contributed by atoms with Crippen molar-refractivity contribution in [1.82, 2.24) is 4.98 Å². The van der Waals surface area contributed by atoms with E-state index >= 15 is 0 Å². The maximum absolute atomic E-state index is 12.5. The van der Waals surface area contributed by atoms with Crippen molar-refractivity contribution in [2.75, 3.05) is 6.61 Å². The minimum atomic E-state index is -0.190. The second-order valence-corrected chi connectivity index (χ2v) is 8.08. The van der Waals surface area contributed by atoms with Gasteiger partial charge in [-0.2, -0.15) is 5.26 Å². The van der Waals surface area contributed by atoms with Crippen molar-refractivity contribution < 1.29 is 9.53 Å². The second-order valence-electron chi connectivity index (χ2n) is 7.64. The van der Waals surface area contributed by atoms with Crippen LogP contribution in [0, 0.1) is 17.2 Å². The van der Waals surface area contributed by atoms with Crippen molar-refractivity contribution in [1.29, 1.82) is 5.26 Å². The summed E-state index contributed by atoms with van der Waals surface area (Å²) in [6.07, 6.45) is 2.75. The van der Waals surface area contributed by atoms with Crippen LogP contribution in [-0.2, 0) is 12.8 Å². The molecule has 4 rings (SSSR count). The van der Waals surface area contributed by atoms with E-state index in [1.54, 1.807) is 24.3 Å². The predicted molar refractivity (Wildman–Crippen MR) is 117 cm³/mol. The molecular formula is C25H21ClN2O2. The van der Waals surface area contributed by atoms with Crippen molar-refractivity contribution in [2.24, 2.45) is 5.92 Å². The molecule has 0 amide bonds. The minimum Gasteiger partial charge on any atom is -0.468 e. The van der Waals surface area contributed by atoms with E-state index in [4.69, 9.17) is 21.3 Å². The molecule has 3 aromatic rings. The molecule has 1 aromatic heterocycles. The van der Waals surface area contributed by atoms with E-state index < -0.39 is 0 Å². The van der Waals surface area contributed by atoms with E-state index in [0.717, 1.165) is 41.6 Å². The van der Waals surface area contributed by atoms with E-state index in [9.17, 15) is 10.1 Å². The fourth-order valence-electron chi connectivity index (χ4n) is 3.89. The highest BCUT2D eigenvalue weighted by Gasteiger charge is 2.26. The molecule has 0 aliphatic heterocycles. The smallest absolute Gasteiger partial charge is 0.233 e. The second kappa shape index (κ2) is 8.69. The number of hydrogen-bond donors (Lipinski definition) is 0. The van der Waals surface area contributed by atoms with Crippen LogP contribution < -0.4 is 4.74 Å². The Balaban J connectivity index is 1.72. The van der Waals surface area contributed by atoms with Crippen LogP contribution in [0.3, 0.4) is 0 Å². The highest BCUT2D eigenvalue weighted by Crippen LogP contribution is 2.37. The van der Waals surface area contributed by atoms with Gasteiger partial charge in [0.2, 0.25) is 5.88 Å². The Bertz CT molecular complexity index is 1120. The molecule has 4 nitrogen and oxygen atoms in total. The van der Waals surface area contributed by atoms with Gasteiger partial charge in [0, 0.05) is 16.1 Å². The third kappa shape index (κ3) is 4.08. The lowest BCUT2D eigenvalue weighted by Gasteiger charge is -2.25. The molecule has 1 atom stereocenters. The number of benzene rings is 2. The van der Waals surface area contributed by atoms with Gasteiger partial charge in [-0.3, -0.25) is 4.79 Å². The number of pyridine rings is 1. The summed E-state index contributed by atoms with van der Waals surface area (Å²) in [6, 6.07) is 18.9. The molecule has 5 heteroatoms. The van der Waals surface area contributed by atoms with Crippen LogP contribution in [0.15, 0.2) is 54.6 Å². The Kier molecular flexibility index (Phi) is 5.83. The number of ether oxygens (including phenoxy) is 1. The topological polar surface area (TPSA) is 63.0 Å². The largest absolute Gasteiger partial charge is 0.468 e. The molecule has 0 saturated carbocycles. The maximum atomic E-state index is 12.5. The lowest BCUT2D eigenvalue weighted by Crippen LogP contribution is -2.18. The van der Waals surface area contributed by atoms with Crippen LogP contribution in [0.4, 0.5) is 0 Å². The van der Waals surface area contributed by atoms with Gasteiger partial charge in [-0.25, -0.2) is 4.98 Å². The summed E-state index contributed by atoms with van der Waals surface area (Å²) in [5.41, 5.74) is 4.89. The molecule has 1 aliphatic carbocycles. The third-order valence-electron chi connectivity index (χ3n) is 5.48. The zero-order valence-electron chi connectivity index (χ0n) is 16.7. The Morgan fingerprint density at radius 3 is 2.60 bits per heavy atom. The fraction of sp³-hybridized carbons (Fsp3) is 0.240. The summed E-state index contributed by atoms with van der Waals surface area (Å²) in [5, 5.41) is 10.4. The predicted octanol–water partition coefficient (Wildman–Crippen LogP) is 5.66. The Hall–Kier alpha value is -3.16. The van der Waals surface area contributed by atoms with Crippen molar-refractivity contribution >= 4 is 17.4 Å². The highest BCUT2D eigenvalue weighted by atomic mass is 35.5. The van der Waals surface area contributed by atoms with E-state index in [1.807, 2.05) is 30.3 Å². The van der Waals surface area contributed by atoms with E-state index in [-0.39, 0.29) is 18.3 Å². The van der Waals surface area contributed by atoms with Crippen LogP contribution in [0.25, 0.3) is 11.3 Å². The van der Waals surface area contributed by atoms with Gasteiger partial charge >= 0.3 is 0 Å². The van der Waals surface area contributed by atoms with Gasteiger partial charge in [0.05, 0.1) is 5.69 Å². The number of Topliss-reactive ketones (excluding diaryl/α,β-unsaturated/α-hetero) is 1. The van der Waals surface area contributed by atoms with Crippen molar-refractivity contribution in [2.45, 2.75) is 26.2 Å². The molecule has 2 aromatic carbocycles. The zero-order chi connectivity index (χ0) is 21.1. The molecule has 0 fully saturated rings. The Morgan fingerprint density at radius 1 is 1.17 bits per heavy atom. The van der Waals surface area contributed by atoms with E-state index in [2.05, 4.69) is 13.0 Å². The molecule has 0 saturated heterocycles. The van der Waals surface area contributed by atoms with Gasteiger partial charge in [-0.15, -0.1) is 0 Å². The summed E-state index contributed by atoms with van der Waals surface area (Å²) < 4.78 is 5.82. The number of fused-ring (bicyclic) bond motifs is 1. The van der Waals surface area contributed by atoms with Crippen molar-refractivity contribution in [3.63, 3.8) is 0 Å². The lowest BCUT2D eigenvalue weighted by atomic mass is 9.81. The number of aromatic nitrogens is 1. The molecular weight excluding hydrogens is 396 g/mol. The molecule has 0 radical (unpaired) electrons. The quantitative estimate of drug-likeness (QED) is 0.503. The first-order chi connectivity index (χ1) is 14.6. The molecule has 1 aliphatic rings. The third-order valence-corrected chi connectivity index (χ3v) is 5.74. The molecule has 150 valence electrons. The highest BCUT2D eigenvalue weighted by molar-refractivity contribution is 6.30. The summed E-state index contributed by atoms with van der Waals surface area (Å²) in [6.45, 7) is 2.00. The van der Waals surface area contributed by atoms with E-state index in [1.165, 1.54) is 0 Å². The zero-order valence-corrected chi connectivity index (χ0v) is 17.4. The lowest BCUT2D eigenvalue weighted by molar-refractivity contribution is 0.0918. The number of nitriles is 1. The fourth-order valence-corrected chi connectivity index (χ4v) is 4.02. The molecule has 30 heavy (non-hydrogen) atoms. The molecule has 1 heterocycles. The van der Waals surface area contributed by atoms with Crippen LogP contribution in [0.2, 0.25) is 5.02 Å². The number of ketones is 1. The summed E-state index contributed by atoms with van der Waals surface area (Å²) in [5.74, 6) is 0.524. The summed E-state index contributed by atoms with van der Waals surface area (Å²) in [4.78, 5) is 17.3. The first kappa shape index (κ1) is 20.1. The SMILES string of the molecule is C[C@@H]1CCc2c(-c3ccccc3)nc(OCC(=O)c3ccc(Cl)cc3)c(C#N)c2C1. The van der Waals surface area contributed by atoms with Gasteiger partial charge in [-0.05, 0) is 60.6 Å². The van der Waals surface area contributed by atoms with Gasteiger partial charge < -0.3 is 4.74 Å². The molecule has 0 N–H and O–H groups in total. The van der Waals surface area contributed by atoms with Crippen LogP contribution in [-0.4, -0.2) is 17.4 Å². The molecule has 0 spiro atoms. The van der Waals surface area contributed by atoms with Crippen molar-refractivity contribution in [3.8, 4) is 23.2 Å². The maximum Gasteiger partial charge on any atom is 0.233 e. The average molecular weight is 417 g/mol. The Labute approximate surface area is 181 Å². The summed E-state index contributed by atoms with van der Waals surface area (Å²) in [7, 11) is 0. The van der Waals surface area contributed by atoms with Gasteiger partial charge in [0.15, 0.2) is 12.4 Å². The van der Waals surface area contributed by atoms with E-state index in [0.29, 0.717) is 22.1 Å². The number of rotatable bonds is 5. The Morgan fingerprint density at radius 2 is 1.90 bits per heavy atom. The molecule has 0 bridgehead atoms. The normalized spacial score (nSPS) is 15.2. The summed E-state index contributed by atoms with van der Waals surface area (Å²) >= 11 is 5.90. The van der Waals surface area contributed by atoms with Crippen molar-refractivity contribution in [3.05, 3.63) is 81.9 Å². The van der Waals surface area contributed by atoms with Crippen LogP contribution >= 0.6 is 11.6 Å². The first-order valence-electron chi connectivity index (χ1n) is 9.99. The number of carbonyl (C=O) groups is 1. The number of halogens is 1. The number of nitrogens with zero attached hydrogens (tertiary/aromatic N) is 2.